The fourth-order valence-electron chi connectivity index (χ4n) is 2.34. The maximum Gasteiger partial charge on any atom is 1.00 e. The predicted octanol–water partition coefficient (Wildman–Crippen LogP) is -1.91. The number of carbonyl (C=O) groups excluding carboxylic acids is 3. The van der Waals surface area contributed by atoms with Crippen LogP contribution in [0.25, 0.3) is 0 Å². The van der Waals surface area contributed by atoms with Crippen LogP contribution in [-0.2, 0) is 9.59 Å². The summed E-state index contributed by atoms with van der Waals surface area (Å²) in [5, 5.41) is 15.7. The van der Waals surface area contributed by atoms with Crippen molar-refractivity contribution in [2.24, 2.45) is 0 Å². The van der Waals surface area contributed by atoms with Crippen molar-refractivity contribution in [1.29, 1.82) is 0 Å². The molecule has 0 spiro atoms. The number of aliphatic carboxylic acids is 1. The van der Waals surface area contributed by atoms with Gasteiger partial charge in [-0.05, 0) is 36.4 Å². The van der Waals surface area contributed by atoms with Crippen molar-refractivity contribution >= 4 is 40.9 Å². The molecule has 0 saturated heterocycles. The van der Waals surface area contributed by atoms with Gasteiger partial charge in [-0.25, -0.2) is 0 Å². The van der Waals surface area contributed by atoms with Crippen molar-refractivity contribution in [2.45, 2.75) is 0 Å². The molecule has 0 radical (unpaired) electrons. The number of fused-ring (bicyclic) bond motifs is 1. The number of amides is 2. The zero-order valence-electron chi connectivity index (χ0n) is 15.0. The molecule has 2 aromatic rings. The van der Waals surface area contributed by atoms with Gasteiger partial charge in [0.05, 0.1) is 11.7 Å². The number of carboxylic acid groups (broad SMARTS) is 1. The van der Waals surface area contributed by atoms with E-state index in [-0.39, 0.29) is 59.7 Å². The number of thioether (sulfide) groups is 1. The summed E-state index contributed by atoms with van der Waals surface area (Å²) in [4.78, 5) is 34.5. The van der Waals surface area contributed by atoms with Crippen molar-refractivity contribution in [3.63, 3.8) is 0 Å². The number of benzene rings is 2. The number of carbonyl (C=O) groups is 3. The summed E-state index contributed by atoms with van der Waals surface area (Å²) >= 11 is 0.945. The van der Waals surface area contributed by atoms with Crippen molar-refractivity contribution in [3.8, 4) is 11.5 Å². The summed E-state index contributed by atoms with van der Waals surface area (Å²) in [7, 11) is 0. The minimum atomic E-state index is -1.22. The quantitative estimate of drug-likeness (QED) is 0.512. The average molecular weight is 410 g/mol. The molecule has 28 heavy (non-hydrogen) atoms. The molecular weight excluding hydrogens is 395 g/mol. The topological polar surface area (TPSA) is 117 Å². The van der Waals surface area contributed by atoms with Gasteiger partial charge in [0, 0.05) is 22.7 Å². The largest absolute Gasteiger partial charge is 1.00 e. The molecule has 1 aliphatic heterocycles. The number of rotatable bonds is 7. The second-order valence-corrected chi connectivity index (χ2v) is 6.50. The first-order valence-electron chi connectivity index (χ1n) is 7.90. The van der Waals surface area contributed by atoms with Gasteiger partial charge in [-0.15, -0.1) is 11.8 Å². The van der Waals surface area contributed by atoms with Gasteiger partial charge in [-0.3, -0.25) is 9.59 Å². The van der Waals surface area contributed by atoms with Crippen LogP contribution in [0.1, 0.15) is 10.4 Å². The van der Waals surface area contributed by atoms with Gasteiger partial charge < -0.3 is 30.0 Å². The Hall–Kier alpha value is -2.20. The molecule has 2 aromatic carbocycles. The first-order valence-corrected chi connectivity index (χ1v) is 9.05. The van der Waals surface area contributed by atoms with Crippen LogP contribution in [0.3, 0.4) is 0 Å². The monoisotopic (exact) mass is 410 g/mol. The number of hydrogen-bond donors (Lipinski definition) is 2. The summed E-state index contributed by atoms with van der Waals surface area (Å²) in [6, 6.07) is 11.5. The van der Waals surface area contributed by atoms with E-state index in [4.69, 9.17) is 9.47 Å². The smallest absolute Gasteiger partial charge is 0.549 e. The number of anilines is 2. The Morgan fingerprint density at radius 1 is 0.964 bits per heavy atom. The maximum absolute atomic E-state index is 12.4. The van der Waals surface area contributed by atoms with Crippen molar-refractivity contribution < 1.29 is 58.5 Å². The average Bonchev–Trinajstić information content (AvgIpc) is 3.09. The maximum atomic E-state index is 12.4. The summed E-state index contributed by atoms with van der Waals surface area (Å²) < 4.78 is 10.5. The van der Waals surface area contributed by atoms with E-state index >= 15 is 0 Å². The van der Waals surface area contributed by atoms with E-state index in [0.29, 0.717) is 28.4 Å². The van der Waals surface area contributed by atoms with Gasteiger partial charge in [-0.1, -0.05) is 6.07 Å². The zero-order chi connectivity index (χ0) is 19.2. The van der Waals surface area contributed by atoms with Crippen molar-refractivity contribution in [3.05, 3.63) is 48.0 Å². The summed E-state index contributed by atoms with van der Waals surface area (Å²) in [6.45, 7) is 0.128. The normalized spacial score (nSPS) is 11.3. The molecule has 8 nitrogen and oxygen atoms in total. The molecular formula is C18H15N2NaO6S. The van der Waals surface area contributed by atoms with Crippen LogP contribution in [0.15, 0.2) is 42.5 Å². The van der Waals surface area contributed by atoms with E-state index in [1.54, 1.807) is 42.5 Å². The van der Waals surface area contributed by atoms with Crippen LogP contribution in [-0.4, -0.2) is 36.1 Å². The molecule has 1 heterocycles. The number of nitrogens with one attached hydrogen (secondary N) is 2. The Bertz CT molecular complexity index is 892. The summed E-state index contributed by atoms with van der Waals surface area (Å²) in [5.41, 5.74) is 1.39. The Kier molecular flexibility index (Phi) is 8.18. The first kappa shape index (κ1) is 22.1. The Balaban J connectivity index is 0.00000280. The fraction of sp³-hybridized carbons (Fsp3) is 0.167. The minimum Gasteiger partial charge on any atom is -0.549 e. The Morgan fingerprint density at radius 3 is 2.43 bits per heavy atom. The van der Waals surface area contributed by atoms with Crippen LogP contribution in [0.2, 0.25) is 0 Å². The van der Waals surface area contributed by atoms with E-state index in [2.05, 4.69) is 10.6 Å². The molecule has 0 fully saturated rings. The zero-order valence-corrected chi connectivity index (χ0v) is 17.8. The van der Waals surface area contributed by atoms with Crippen LogP contribution < -0.4 is 54.8 Å². The van der Waals surface area contributed by atoms with Gasteiger partial charge in [0.2, 0.25) is 12.7 Å². The third-order valence-corrected chi connectivity index (χ3v) is 4.40. The van der Waals surface area contributed by atoms with E-state index < -0.39 is 5.97 Å². The van der Waals surface area contributed by atoms with E-state index in [1.807, 2.05) is 0 Å². The third-order valence-electron chi connectivity index (χ3n) is 3.49. The van der Waals surface area contributed by atoms with Gasteiger partial charge >= 0.3 is 29.6 Å². The molecule has 1 aliphatic rings. The molecule has 140 valence electrons. The molecule has 0 bridgehead atoms. The molecule has 0 saturated carbocycles. The van der Waals surface area contributed by atoms with E-state index in [9.17, 15) is 19.5 Å². The van der Waals surface area contributed by atoms with Crippen molar-refractivity contribution in [2.75, 3.05) is 28.9 Å². The summed E-state index contributed by atoms with van der Waals surface area (Å²) in [6.07, 6.45) is 0. The van der Waals surface area contributed by atoms with E-state index in [1.165, 1.54) is 0 Å². The standard InChI is InChI=1S/C18H16N2O6S.Na/c21-16(8-27-9-17(22)23)19-12-2-1-3-13(7-12)20-18(24)11-4-5-14-15(6-11)26-10-25-14;/h1-7H,8-10H2,(H,19,21)(H,20,24)(H,22,23);/q;+1/p-1. The fourth-order valence-corrected chi connectivity index (χ4v) is 2.87. The molecule has 0 aromatic heterocycles. The molecule has 0 aliphatic carbocycles. The van der Waals surface area contributed by atoms with E-state index in [0.717, 1.165) is 11.8 Å². The number of carboxylic acids is 1. The van der Waals surface area contributed by atoms with Crippen LogP contribution in [0, 0.1) is 0 Å². The van der Waals surface area contributed by atoms with Crippen LogP contribution in [0.5, 0.6) is 11.5 Å². The van der Waals surface area contributed by atoms with Crippen LogP contribution >= 0.6 is 11.8 Å². The molecule has 0 atom stereocenters. The molecule has 2 amide bonds. The Morgan fingerprint density at radius 2 is 1.68 bits per heavy atom. The van der Waals surface area contributed by atoms with Gasteiger partial charge in [0.25, 0.3) is 5.91 Å². The summed E-state index contributed by atoms with van der Waals surface area (Å²) in [5.74, 6) is -1.06. The number of hydrogen-bond acceptors (Lipinski definition) is 7. The molecule has 2 N–H and O–H groups in total. The number of ether oxygens (including phenoxy) is 2. The van der Waals surface area contributed by atoms with Crippen LogP contribution in [0.4, 0.5) is 11.4 Å². The van der Waals surface area contributed by atoms with Gasteiger partial charge in [0.15, 0.2) is 11.5 Å². The Labute approximate surface area is 187 Å². The second-order valence-electron chi connectivity index (χ2n) is 5.52. The first-order chi connectivity index (χ1) is 13.0. The van der Waals surface area contributed by atoms with Gasteiger partial charge in [0.1, 0.15) is 0 Å². The molecule has 3 rings (SSSR count). The predicted molar refractivity (Wildman–Crippen MR) is 97.9 cm³/mol. The molecule has 0 unspecified atom stereocenters. The molecule has 10 heteroatoms. The van der Waals surface area contributed by atoms with Crippen molar-refractivity contribution in [1.82, 2.24) is 0 Å². The third kappa shape index (κ3) is 6.16. The van der Waals surface area contributed by atoms with Gasteiger partial charge in [-0.2, -0.15) is 0 Å². The minimum absolute atomic E-state index is 0. The second kappa shape index (κ2) is 10.4. The SMILES string of the molecule is O=C([O-])CSCC(=O)Nc1cccc(NC(=O)c2ccc3c(c2)OCO3)c1.[Na+].